The molecule has 0 spiro atoms. The van der Waals surface area contributed by atoms with E-state index in [1.54, 1.807) is 12.1 Å². The van der Waals surface area contributed by atoms with Crippen LogP contribution in [-0.4, -0.2) is 11.4 Å². The minimum Gasteiger partial charge on any atom is -0.351 e. The smallest absolute Gasteiger partial charge is 0.228 e. The molecule has 1 aliphatic rings. The number of carbonyl (C=O) groups is 1. The molecule has 18 heavy (non-hydrogen) atoms. The van der Waals surface area contributed by atoms with Gasteiger partial charge in [-0.25, -0.2) is 4.39 Å². The Balaban J connectivity index is 2.18. The zero-order valence-corrected chi connectivity index (χ0v) is 11.2. The summed E-state index contributed by atoms with van der Waals surface area (Å²) in [6.45, 7) is 5.92. The normalized spacial score (nSPS) is 17.3. The highest BCUT2D eigenvalue weighted by atomic mass is 19.1. The monoisotopic (exact) mass is 249 g/mol. The Kier molecular flexibility index (Phi) is 3.42. The second-order valence-corrected chi connectivity index (χ2v) is 6.11. The number of amides is 1. The van der Waals surface area contributed by atoms with E-state index in [2.05, 4.69) is 5.32 Å². The second kappa shape index (κ2) is 4.71. The molecule has 1 aliphatic carbocycles. The van der Waals surface area contributed by atoms with Gasteiger partial charge in [0, 0.05) is 5.54 Å². The van der Waals surface area contributed by atoms with Crippen molar-refractivity contribution in [1.82, 2.24) is 5.32 Å². The summed E-state index contributed by atoms with van der Waals surface area (Å²) in [6, 6.07) is 6.30. The van der Waals surface area contributed by atoms with Gasteiger partial charge in [0.25, 0.3) is 0 Å². The summed E-state index contributed by atoms with van der Waals surface area (Å²) < 4.78 is 12.9. The lowest BCUT2D eigenvalue weighted by Gasteiger charge is -2.25. The van der Waals surface area contributed by atoms with E-state index < -0.39 is 0 Å². The largest absolute Gasteiger partial charge is 0.351 e. The fraction of sp³-hybridized carbons (Fsp3) is 0.533. The lowest BCUT2D eigenvalue weighted by Crippen LogP contribution is -2.43. The number of halogens is 1. The molecule has 98 valence electrons. The number of nitrogens with one attached hydrogen (secondary N) is 1. The third-order valence-corrected chi connectivity index (χ3v) is 3.10. The molecule has 0 aliphatic heterocycles. The maximum atomic E-state index is 12.9. The van der Waals surface area contributed by atoms with Crippen LogP contribution in [0.25, 0.3) is 0 Å². The van der Waals surface area contributed by atoms with Gasteiger partial charge in [-0.05, 0) is 57.2 Å². The van der Waals surface area contributed by atoms with E-state index >= 15 is 0 Å². The Hall–Kier alpha value is -1.38. The first-order valence-electron chi connectivity index (χ1n) is 6.44. The van der Waals surface area contributed by atoms with Gasteiger partial charge in [0.2, 0.25) is 5.91 Å². The molecule has 0 aromatic heterocycles. The maximum Gasteiger partial charge on any atom is 0.228 e. The predicted molar refractivity (Wildman–Crippen MR) is 69.8 cm³/mol. The van der Waals surface area contributed by atoms with E-state index in [4.69, 9.17) is 0 Å². The summed E-state index contributed by atoms with van der Waals surface area (Å²) in [7, 11) is 0. The predicted octanol–water partition coefficient (Wildman–Crippen LogP) is 3.23. The molecule has 0 radical (unpaired) electrons. The van der Waals surface area contributed by atoms with Crippen molar-refractivity contribution in [3.8, 4) is 0 Å². The first-order valence-corrected chi connectivity index (χ1v) is 6.44. The van der Waals surface area contributed by atoms with Crippen LogP contribution in [0.4, 0.5) is 4.39 Å². The molecule has 1 amide bonds. The average molecular weight is 249 g/mol. The summed E-state index contributed by atoms with van der Waals surface area (Å²) in [5, 5.41) is 3.02. The molecule has 0 saturated heterocycles. The molecule has 1 aromatic carbocycles. The molecule has 2 rings (SSSR count). The first-order chi connectivity index (χ1) is 8.37. The van der Waals surface area contributed by atoms with Gasteiger partial charge in [0.1, 0.15) is 5.82 Å². The highest BCUT2D eigenvalue weighted by Crippen LogP contribution is 2.43. The quantitative estimate of drug-likeness (QED) is 0.875. The van der Waals surface area contributed by atoms with Gasteiger partial charge >= 0.3 is 0 Å². The van der Waals surface area contributed by atoms with Gasteiger partial charge in [-0.15, -0.1) is 0 Å². The molecule has 1 atom stereocenters. The third-order valence-electron chi connectivity index (χ3n) is 3.10. The van der Waals surface area contributed by atoms with Crippen LogP contribution >= 0.6 is 0 Å². The molecule has 2 nitrogen and oxygen atoms in total. The van der Waals surface area contributed by atoms with Crippen molar-refractivity contribution in [3.05, 3.63) is 35.6 Å². The number of rotatable bonds is 3. The molecule has 1 fully saturated rings. The average Bonchev–Trinajstić information content (AvgIpc) is 3.03. The highest BCUT2D eigenvalue weighted by Gasteiger charge is 2.38. The van der Waals surface area contributed by atoms with Crippen molar-refractivity contribution in [2.45, 2.75) is 45.1 Å². The molecule has 3 heteroatoms. The standard InChI is InChI=1S/C15H20FNO/c1-15(2,3)17-14(18)13(10-4-5-10)11-6-8-12(16)9-7-11/h6-10,13H,4-5H2,1-3H3,(H,17,18). The van der Waals surface area contributed by atoms with Gasteiger partial charge in [-0.2, -0.15) is 0 Å². The van der Waals surface area contributed by atoms with Crippen molar-refractivity contribution in [1.29, 1.82) is 0 Å². The fourth-order valence-electron chi connectivity index (χ4n) is 2.18. The minimum atomic E-state index is -0.260. The van der Waals surface area contributed by atoms with Gasteiger partial charge in [0.05, 0.1) is 5.92 Å². The Bertz CT molecular complexity index is 429. The summed E-state index contributed by atoms with van der Waals surface area (Å²) >= 11 is 0. The molecular weight excluding hydrogens is 229 g/mol. The van der Waals surface area contributed by atoms with E-state index in [1.807, 2.05) is 20.8 Å². The zero-order valence-electron chi connectivity index (χ0n) is 11.2. The molecule has 0 heterocycles. The summed E-state index contributed by atoms with van der Waals surface area (Å²) in [4.78, 5) is 12.3. The van der Waals surface area contributed by atoms with E-state index in [-0.39, 0.29) is 23.2 Å². The van der Waals surface area contributed by atoms with Crippen LogP contribution in [0.1, 0.15) is 45.1 Å². The van der Waals surface area contributed by atoms with E-state index in [1.165, 1.54) is 12.1 Å². The molecular formula is C15H20FNO. The van der Waals surface area contributed by atoms with Gasteiger partial charge < -0.3 is 5.32 Å². The molecule has 1 aromatic rings. The lowest BCUT2D eigenvalue weighted by molar-refractivity contribution is -0.124. The number of carbonyl (C=O) groups excluding carboxylic acids is 1. The Morgan fingerprint density at radius 2 is 1.83 bits per heavy atom. The molecule has 1 N–H and O–H groups in total. The van der Waals surface area contributed by atoms with E-state index in [0.29, 0.717) is 5.92 Å². The van der Waals surface area contributed by atoms with Crippen LogP contribution in [-0.2, 0) is 4.79 Å². The SMILES string of the molecule is CC(C)(C)NC(=O)C(c1ccc(F)cc1)C1CC1. The number of hydrogen-bond donors (Lipinski definition) is 1. The Morgan fingerprint density at radius 3 is 2.28 bits per heavy atom. The lowest BCUT2D eigenvalue weighted by atomic mass is 9.92. The van der Waals surface area contributed by atoms with Crippen molar-refractivity contribution in [2.75, 3.05) is 0 Å². The first kappa shape index (κ1) is 13.1. The van der Waals surface area contributed by atoms with Gasteiger partial charge in [-0.3, -0.25) is 4.79 Å². The van der Waals surface area contributed by atoms with Crippen LogP contribution in [0.3, 0.4) is 0 Å². The van der Waals surface area contributed by atoms with Crippen LogP contribution in [0.2, 0.25) is 0 Å². The Labute approximate surface area is 108 Å². The van der Waals surface area contributed by atoms with Crippen molar-refractivity contribution < 1.29 is 9.18 Å². The minimum absolute atomic E-state index is 0.0524. The van der Waals surface area contributed by atoms with Crippen LogP contribution in [0, 0.1) is 11.7 Å². The van der Waals surface area contributed by atoms with Crippen molar-refractivity contribution in [2.24, 2.45) is 5.92 Å². The van der Waals surface area contributed by atoms with E-state index in [0.717, 1.165) is 18.4 Å². The molecule has 1 saturated carbocycles. The molecule has 1 unspecified atom stereocenters. The van der Waals surface area contributed by atoms with Crippen molar-refractivity contribution in [3.63, 3.8) is 0 Å². The topological polar surface area (TPSA) is 29.1 Å². The van der Waals surface area contributed by atoms with Crippen LogP contribution in [0.5, 0.6) is 0 Å². The second-order valence-electron chi connectivity index (χ2n) is 6.11. The summed E-state index contributed by atoms with van der Waals surface area (Å²) in [6.07, 6.45) is 2.17. The van der Waals surface area contributed by atoms with Gasteiger partial charge in [-0.1, -0.05) is 12.1 Å². The highest BCUT2D eigenvalue weighted by molar-refractivity contribution is 5.85. The zero-order chi connectivity index (χ0) is 13.3. The van der Waals surface area contributed by atoms with Crippen molar-refractivity contribution >= 4 is 5.91 Å². The fourth-order valence-corrected chi connectivity index (χ4v) is 2.18. The van der Waals surface area contributed by atoms with Crippen LogP contribution < -0.4 is 5.32 Å². The molecule has 0 bridgehead atoms. The van der Waals surface area contributed by atoms with Crippen LogP contribution in [0.15, 0.2) is 24.3 Å². The number of hydrogen-bond acceptors (Lipinski definition) is 1. The number of benzene rings is 1. The summed E-state index contributed by atoms with van der Waals surface area (Å²) in [5.74, 6) is 0.0729. The van der Waals surface area contributed by atoms with E-state index in [9.17, 15) is 9.18 Å². The maximum absolute atomic E-state index is 12.9. The van der Waals surface area contributed by atoms with Gasteiger partial charge in [0.15, 0.2) is 0 Å². The third kappa shape index (κ3) is 3.31. The summed E-state index contributed by atoms with van der Waals surface area (Å²) in [5.41, 5.74) is 0.685. The Morgan fingerprint density at radius 1 is 1.28 bits per heavy atom.